The number of halogens is 1. The molecule has 0 radical (unpaired) electrons. The maximum atomic E-state index is 6.05. The average Bonchev–Trinajstić information content (AvgIpc) is 2.62. The molecule has 2 aromatic rings. The van der Waals surface area contributed by atoms with Crippen LogP contribution in [0.4, 0.5) is 0 Å². The molecule has 1 unspecified atom stereocenters. The van der Waals surface area contributed by atoms with Gasteiger partial charge in [0.25, 0.3) is 0 Å². The third-order valence-electron chi connectivity index (χ3n) is 4.85. The van der Waals surface area contributed by atoms with E-state index in [-0.39, 0.29) is 6.04 Å². The molecular formula is C19H24ClN3O. The molecule has 0 bridgehead atoms. The number of benzene rings is 1. The van der Waals surface area contributed by atoms with Gasteiger partial charge in [0.15, 0.2) is 10.9 Å². The molecule has 1 aromatic carbocycles. The van der Waals surface area contributed by atoms with Gasteiger partial charge in [-0.3, -0.25) is 4.90 Å². The first-order valence-electron chi connectivity index (χ1n) is 8.32. The lowest BCUT2D eigenvalue weighted by Gasteiger charge is -2.38. The number of nitrogens with one attached hydrogen (secondary N) is 1. The molecule has 1 aliphatic rings. The highest BCUT2D eigenvalue weighted by Gasteiger charge is 2.26. The van der Waals surface area contributed by atoms with E-state index in [0.717, 1.165) is 25.2 Å². The molecule has 1 aliphatic heterocycles. The minimum Gasteiger partial charge on any atom is -0.494 e. The summed E-state index contributed by atoms with van der Waals surface area (Å²) in [6, 6.07) is 11.2. The Morgan fingerprint density at radius 2 is 2.17 bits per heavy atom. The van der Waals surface area contributed by atoms with Gasteiger partial charge in [-0.2, -0.15) is 0 Å². The molecular weight excluding hydrogens is 322 g/mol. The molecule has 1 saturated heterocycles. The van der Waals surface area contributed by atoms with Gasteiger partial charge in [-0.05, 0) is 36.6 Å². The second kappa shape index (κ2) is 7.51. The fraction of sp³-hybridized carbons (Fsp3) is 0.421. The Morgan fingerprint density at radius 1 is 1.38 bits per heavy atom. The van der Waals surface area contributed by atoms with Crippen molar-refractivity contribution in [2.75, 3.05) is 26.7 Å². The van der Waals surface area contributed by atoms with Crippen LogP contribution >= 0.6 is 11.6 Å². The van der Waals surface area contributed by atoms with Crippen LogP contribution in [0, 0.1) is 6.92 Å². The van der Waals surface area contributed by atoms with Crippen LogP contribution in [0.5, 0.6) is 5.75 Å². The molecule has 128 valence electrons. The van der Waals surface area contributed by atoms with Crippen molar-refractivity contribution in [3.63, 3.8) is 0 Å². The maximum Gasteiger partial charge on any atom is 0.171 e. The number of pyridine rings is 1. The van der Waals surface area contributed by atoms with E-state index in [1.165, 1.54) is 11.1 Å². The van der Waals surface area contributed by atoms with Crippen LogP contribution in [0.25, 0.3) is 0 Å². The van der Waals surface area contributed by atoms with E-state index in [4.69, 9.17) is 16.3 Å². The number of aromatic nitrogens is 1. The molecule has 0 aliphatic carbocycles. The van der Waals surface area contributed by atoms with Crippen molar-refractivity contribution in [2.45, 2.75) is 25.9 Å². The molecule has 5 heteroatoms. The standard InChI is InChI=1S/C19H24ClN3O/c1-13-6-4-5-7-16(13)17-12-23(9-8-21-17)14(2)15-10-18(24-3)19(20)22-11-15/h4-7,10-11,14,17,21H,8-9,12H2,1-3H3/t14?,17-/m0/s1. The van der Waals surface area contributed by atoms with Crippen molar-refractivity contribution < 1.29 is 4.74 Å². The van der Waals surface area contributed by atoms with Crippen LogP contribution < -0.4 is 10.1 Å². The largest absolute Gasteiger partial charge is 0.494 e. The van der Waals surface area contributed by atoms with Gasteiger partial charge >= 0.3 is 0 Å². The number of nitrogens with zero attached hydrogens (tertiary/aromatic N) is 2. The lowest BCUT2D eigenvalue weighted by Crippen LogP contribution is -2.46. The summed E-state index contributed by atoms with van der Waals surface area (Å²) in [7, 11) is 1.62. The van der Waals surface area contributed by atoms with Gasteiger partial charge < -0.3 is 10.1 Å². The van der Waals surface area contributed by atoms with E-state index in [0.29, 0.717) is 16.9 Å². The van der Waals surface area contributed by atoms with Crippen molar-refractivity contribution in [3.8, 4) is 5.75 Å². The number of aryl methyl sites for hydroxylation is 1. The van der Waals surface area contributed by atoms with Gasteiger partial charge in [-0.15, -0.1) is 0 Å². The van der Waals surface area contributed by atoms with Crippen molar-refractivity contribution in [2.24, 2.45) is 0 Å². The van der Waals surface area contributed by atoms with E-state index in [9.17, 15) is 0 Å². The van der Waals surface area contributed by atoms with Gasteiger partial charge in [-0.1, -0.05) is 35.9 Å². The van der Waals surface area contributed by atoms with E-state index in [2.05, 4.69) is 53.3 Å². The number of hydrogen-bond acceptors (Lipinski definition) is 4. The minimum absolute atomic E-state index is 0.261. The predicted octanol–water partition coefficient (Wildman–Crippen LogP) is 3.76. The van der Waals surface area contributed by atoms with Crippen LogP contribution in [0.15, 0.2) is 36.5 Å². The average molecular weight is 346 g/mol. The molecule has 3 rings (SSSR count). The SMILES string of the molecule is COc1cc(C(C)N2CCN[C@H](c3ccccc3C)C2)cnc1Cl. The number of piperazine rings is 1. The van der Waals surface area contributed by atoms with Gasteiger partial charge in [-0.25, -0.2) is 4.98 Å². The molecule has 0 saturated carbocycles. The zero-order chi connectivity index (χ0) is 17.1. The van der Waals surface area contributed by atoms with Crippen molar-refractivity contribution in [1.82, 2.24) is 15.2 Å². The normalized spacial score (nSPS) is 19.9. The van der Waals surface area contributed by atoms with Crippen molar-refractivity contribution in [1.29, 1.82) is 0 Å². The molecule has 1 aromatic heterocycles. The molecule has 4 nitrogen and oxygen atoms in total. The summed E-state index contributed by atoms with van der Waals surface area (Å²) < 4.78 is 5.30. The van der Waals surface area contributed by atoms with Crippen LogP contribution in [0.3, 0.4) is 0 Å². The highest BCUT2D eigenvalue weighted by Crippen LogP contribution is 2.30. The van der Waals surface area contributed by atoms with E-state index < -0.39 is 0 Å². The topological polar surface area (TPSA) is 37.4 Å². The number of rotatable bonds is 4. The molecule has 24 heavy (non-hydrogen) atoms. The highest BCUT2D eigenvalue weighted by atomic mass is 35.5. The first kappa shape index (κ1) is 17.2. The van der Waals surface area contributed by atoms with Crippen LogP contribution in [0.1, 0.15) is 35.7 Å². The monoisotopic (exact) mass is 345 g/mol. The summed E-state index contributed by atoms with van der Waals surface area (Å²) >= 11 is 6.05. The summed E-state index contributed by atoms with van der Waals surface area (Å²) in [6.45, 7) is 7.34. The Balaban J connectivity index is 1.78. The van der Waals surface area contributed by atoms with Gasteiger partial charge in [0, 0.05) is 37.9 Å². The number of ether oxygens (including phenoxy) is 1. The second-order valence-corrected chi connectivity index (χ2v) is 6.65. The molecule has 1 N–H and O–H groups in total. The number of methoxy groups -OCH3 is 1. The zero-order valence-electron chi connectivity index (χ0n) is 14.4. The first-order valence-corrected chi connectivity index (χ1v) is 8.70. The van der Waals surface area contributed by atoms with E-state index in [1.807, 2.05) is 12.3 Å². The zero-order valence-corrected chi connectivity index (χ0v) is 15.2. The fourth-order valence-corrected chi connectivity index (χ4v) is 3.52. The molecule has 2 atom stereocenters. The molecule has 2 heterocycles. The predicted molar refractivity (Wildman–Crippen MR) is 97.7 cm³/mol. The van der Waals surface area contributed by atoms with Gasteiger partial charge in [0.1, 0.15) is 0 Å². The van der Waals surface area contributed by atoms with Crippen molar-refractivity contribution >= 4 is 11.6 Å². The Bertz CT molecular complexity index is 707. The Morgan fingerprint density at radius 3 is 2.92 bits per heavy atom. The van der Waals surface area contributed by atoms with E-state index in [1.54, 1.807) is 7.11 Å². The maximum absolute atomic E-state index is 6.05. The highest BCUT2D eigenvalue weighted by molar-refractivity contribution is 6.30. The molecule has 1 fully saturated rings. The molecule has 0 amide bonds. The summed E-state index contributed by atoms with van der Waals surface area (Å²) in [5, 5.41) is 4.05. The minimum atomic E-state index is 0.261. The fourth-order valence-electron chi connectivity index (χ4n) is 3.34. The quantitative estimate of drug-likeness (QED) is 0.856. The van der Waals surface area contributed by atoms with E-state index >= 15 is 0 Å². The first-order chi connectivity index (χ1) is 11.6. The smallest absolute Gasteiger partial charge is 0.171 e. The second-order valence-electron chi connectivity index (χ2n) is 6.30. The lowest BCUT2D eigenvalue weighted by molar-refractivity contribution is 0.153. The summed E-state index contributed by atoms with van der Waals surface area (Å²) in [6.07, 6.45) is 1.85. The summed E-state index contributed by atoms with van der Waals surface area (Å²) in [4.78, 5) is 6.74. The van der Waals surface area contributed by atoms with Crippen LogP contribution in [-0.4, -0.2) is 36.6 Å². The summed E-state index contributed by atoms with van der Waals surface area (Å²) in [5.41, 5.74) is 3.84. The third-order valence-corrected chi connectivity index (χ3v) is 5.13. The Kier molecular flexibility index (Phi) is 5.39. The number of hydrogen-bond donors (Lipinski definition) is 1. The molecule has 0 spiro atoms. The van der Waals surface area contributed by atoms with Crippen molar-refractivity contribution in [3.05, 3.63) is 58.4 Å². The van der Waals surface area contributed by atoms with Gasteiger partial charge in [0.05, 0.1) is 7.11 Å². The summed E-state index contributed by atoms with van der Waals surface area (Å²) in [5.74, 6) is 0.631. The third kappa shape index (κ3) is 3.56. The van der Waals surface area contributed by atoms with Gasteiger partial charge in [0.2, 0.25) is 0 Å². The van der Waals surface area contributed by atoms with Crippen LogP contribution in [-0.2, 0) is 0 Å². The Hall–Kier alpha value is -1.62. The Labute approximate surface area is 148 Å². The van der Waals surface area contributed by atoms with Crippen LogP contribution in [0.2, 0.25) is 5.15 Å². The lowest BCUT2D eigenvalue weighted by atomic mass is 9.98.